The second kappa shape index (κ2) is 4.82. The molecule has 1 saturated heterocycles. The molecule has 1 rings (SSSR count). The van der Waals surface area contributed by atoms with Crippen LogP contribution in [0.5, 0.6) is 0 Å². The fourth-order valence-electron chi connectivity index (χ4n) is 0.884. The molecule has 0 atom stereocenters. The summed E-state index contributed by atoms with van der Waals surface area (Å²) in [5.74, 6) is -0.318. The molecule has 0 bridgehead atoms. The average Bonchev–Trinajstić information content (AvgIpc) is 2.06. The standard InChI is InChI=1S/C10H10N2O2S2/c1-10(2,3)14-7(13)9-15-8(16-9)6(4-11)5-12/h9H,1-3H3. The molecule has 1 heterocycles. The minimum Gasteiger partial charge on any atom is -0.458 e. The third kappa shape index (κ3) is 3.19. The molecule has 0 unspecified atom stereocenters. The van der Waals surface area contributed by atoms with Crippen molar-refractivity contribution >= 4 is 29.5 Å². The van der Waals surface area contributed by atoms with Gasteiger partial charge < -0.3 is 4.74 Å². The third-order valence-electron chi connectivity index (χ3n) is 1.46. The first-order valence-electron chi connectivity index (χ1n) is 4.48. The summed E-state index contributed by atoms with van der Waals surface area (Å²) < 4.78 is 5.41. The van der Waals surface area contributed by atoms with Crippen LogP contribution in [0.25, 0.3) is 0 Å². The van der Waals surface area contributed by atoms with Crippen LogP contribution in [0.4, 0.5) is 0 Å². The number of carbonyl (C=O) groups excluding carboxylic acids is 1. The van der Waals surface area contributed by atoms with Crippen LogP contribution in [0.3, 0.4) is 0 Å². The van der Waals surface area contributed by atoms with E-state index >= 15 is 0 Å². The first-order valence-corrected chi connectivity index (χ1v) is 6.24. The van der Waals surface area contributed by atoms with Crippen molar-refractivity contribution < 1.29 is 9.53 Å². The van der Waals surface area contributed by atoms with Crippen LogP contribution in [0.1, 0.15) is 20.8 Å². The predicted molar refractivity (Wildman–Crippen MR) is 63.1 cm³/mol. The van der Waals surface area contributed by atoms with E-state index in [1.54, 1.807) is 32.9 Å². The van der Waals surface area contributed by atoms with Gasteiger partial charge in [0.25, 0.3) is 0 Å². The third-order valence-corrected chi connectivity index (χ3v) is 4.26. The van der Waals surface area contributed by atoms with E-state index in [-0.39, 0.29) is 16.1 Å². The van der Waals surface area contributed by atoms with Crippen molar-refractivity contribution in [2.24, 2.45) is 0 Å². The zero-order valence-electron chi connectivity index (χ0n) is 9.10. The number of allylic oxidation sites excluding steroid dienone is 1. The summed E-state index contributed by atoms with van der Waals surface area (Å²) in [6, 6.07) is 3.57. The number of nitriles is 2. The Morgan fingerprint density at radius 2 is 1.81 bits per heavy atom. The summed E-state index contributed by atoms with van der Waals surface area (Å²) in [7, 11) is 0. The molecular weight excluding hydrogens is 244 g/mol. The fourth-order valence-corrected chi connectivity index (χ4v) is 2.86. The zero-order chi connectivity index (χ0) is 12.3. The Kier molecular flexibility index (Phi) is 3.90. The van der Waals surface area contributed by atoms with Gasteiger partial charge in [0.1, 0.15) is 23.3 Å². The van der Waals surface area contributed by atoms with Crippen molar-refractivity contribution in [1.82, 2.24) is 0 Å². The highest BCUT2D eigenvalue weighted by Crippen LogP contribution is 2.53. The zero-order valence-corrected chi connectivity index (χ0v) is 10.7. The first-order chi connectivity index (χ1) is 7.37. The Hall–Kier alpha value is -1.11. The van der Waals surface area contributed by atoms with Gasteiger partial charge in [-0.2, -0.15) is 10.5 Å². The van der Waals surface area contributed by atoms with Crippen LogP contribution in [0.2, 0.25) is 0 Å². The van der Waals surface area contributed by atoms with Gasteiger partial charge in [0, 0.05) is 0 Å². The summed E-state index contributed by atoms with van der Waals surface area (Å²) in [5.41, 5.74) is -0.444. The van der Waals surface area contributed by atoms with Crippen molar-refractivity contribution in [2.45, 2.75) is 31.0 Å². The van der Waals surface area contributed by atoms with Crippen LogP contribution in [0.15, 0.2) is 9.81 Å². The van der Waals surface area contributed by atoms with E-state index in [1.165, 1.54) is 23.5 Å². The molecule has 1 fully saturated rings. The lowest BCUT2D eigenvalue weighted by Crippen LogP contribution is -2.31. The van der Waals surface area contributed by atoms with E-state index in [0.717, 1.165) is 0 Å². The Morgan fingerprint density at radius 3 is 2.19 bits per heavy atom. The van der Waals surface area contributed by atoms with Crippen LogP contribution >= 0.6 is 23.5 Å². The van der Waals surface area contributed by atoms with E-state index in [2.05, 4.69) is 0 Å². The molecule has 0 aromatic heterocycles. The highest BCUT2D eigenvalue weighted by molar-refractivity contribution is 8.39. The summed E-state index contributed by atoms with van der Waals surface area (Å²) in [5, 5.41) is 17.2. The first kappa shape index (κ1) is 13.0. The van der Waals surface area contributed by atoms with Gasteiger partial charge in [-0.15, -0.1) is 0 Å². The maximum atomic E-state index is 11.5. The van der Waals surface area contributed by atoms with Gasteiger partial charge in [-0.05, 0) is 20.8 Å². The van der Waals surface area contributed by atoms with Crippen molar-refractivity contribution in [3.8, 4) is 12.1 Å². The lowest BCUT2D eigenvalue weighted by atomic mass is 10.2. The Balaban J connectivity index is 2.56. The van der Waals surface area contributed by atoms with E-state index < -0.39 is 5.60 Å². The summed E-state index contributed by atoms with van der Waals surface area (Å²) >= 11 is 2.41. The van der Waals surface area contributed by atoms with Crippen molar-refractivity contribution in [1.29, 1.82) is 10.5 Å². The number of rotatable bonds is 1. The smallest absolute Gasteiger partial charge is 0.330 e. The fraction of sp³-hybridized carbons (Fsp3) is 0.500. The molecule has 16 heavy (non-hydrogen) atoms. The number of nitrogens with zero attached hydrogens (tertiary/aromatic N) is 2. The lowest BCUT2D eigenvalue weighted by Gasteiger charge is -2.29. The molecule has 0 radical (unpaired) electrons. The van der Waals surface area contributed by atoms with Gasteiger partial charge >= 0.3 is 5.97 Å². The molecule has 1 aliphatic heterocycles. The Labute approximate surface area is 103 Å². The molecule has 0 saturated carbocycles. The summed E-state index contributed by atoms with van der Waals surface area (Å²) in [6.07, 6.45) is 0. The molecule has 0 N–H and O–H groups in total. The molecule has 84 valence electrons. The number of carbonyl (C=O) groups is 1. The maximum absolute atomic E-state index is 11.5. The normalized spacial score (nSPS) is 19.1. The number of thioether (sulfide) groups is 2. The molecule has 1 aliphatic rings. The van der Waals surface area contributed by atoms with Gasteiger partial charge in [-0.1, -0.05) is 23.5 Å². The Morgan fingerprint density at radius 1 is 1.31 bits per heavy atom. The van der Waals surface area contributed by atoms with Crippen LogP contribution in [-0.2, 0) is 9.53 Å². The molecule has 4 nitrogen and oxygen atoms in total. The van der Waals surface area contributed by atoms with Crippen LogP contribution in [0, 0.1) is 22.7 Å². The average molecular weight is 254 g/mol. The second-order valence-electron chi connectivity index (χ2n) is 3.99. The van der Waals surface area contributed by atoms with Gasteiger partial charge in [0.05, 0.1) is 4.24 Å². The SMILES string of the molecule is CC(C)(C)OC(=O)C1SC(=C(C#N)C#N)S1. The number of esters is 1. The van der Waals surface area contributed by atoms with E-state index in [9.17, 15) is 4.79 Å². The van der Waals surface area contributed by atoms with Crippen LogP contribution in [-0.4, -0.2) is 16.2 Å². The van der Waals surface area contributed by atoms with E-state index in [0.29, 0.717) is 4.24 Å². The molecule has 0 aromatic carbocycles. The maximum Gasteiger partial charge on any atom is 0.330 e. The molecular formula is C10H10N2O2S2. The number of hydrogen-bond acceptors (Lipinski definition) is 6. The minimum atomic E-state index is -0.509. The van der Waals surface area contributed by atoms with Gasteiger partial charge in [-0.25, -0.2) is 4.79 Å². The minimum absolute atomic E-state index is 0.0646. The highest BCUT2D eigenvalue weighted by Gasteiger charge is 2.37. The van der Waals surface area contributed by atoms with Gasteiger partial charge in [-0.3, -0.25) is 0 Å². The molecule has 0 amide bonds. The van der Waals surface area contributed by atoms with E-state index in [4.69, 9.17) is 15.3 Å². The summed E-state index contributed by atoms with van der Waals surface area (Å²) in [6.45, 7) is 5.39. The van der Waals surface area contributed by atoms with Gasteiger partial charge in [0.15, 0.2) is 4.58 Å². The lowest BCUT2D eigenvalue weighted by molar-refractivity contribution is -0.152. The van der Waals surface area contributed by atoms with Crippen molar-refractivity contribution in [3.63, 3.8) is 0 Å². The molecule has 0 aliphatic carbocycles. The van der Waals surface area contributed by atoms with Crippen molar-refractivity contribution in [3.05, 3.63) is 9.81 Å². The highest BCUT2D eigenvalue weighted by atomic mass is 32.3. The molecule has 6 heteroatoms. The largest absolute Gasteiger partial charge is 0.458 e. The predicted octanol–water partition coefficient (Wildman–Crippen LogP) is 2.39. The van der Waals surface area contributed by atoms with Gasteiger partial charge in [0.2, 0.25) is 0 Å². The number of hydrogen-bond donors (Lipinski definition) is 0. The second-order valence-corrected chi connectivity index (χ2v) is 6.77. The Bertz CT molecular complexity index is 400. The molecule has 0 aromatic rings. The van der Waals surface area contributed by atoms with Crippen LogP contribution < -0.4 is 0 Å². The van der Waals surface area contributed by atoms with Crippen molar-refractivity contribution in [2.75, 3.05) is 0 Å². The topological polar surface area (TPSA) is 73.9 Å². The number of ether oxygens (including phenoxy) is 1. The molecule has 0 spiro atoms. The van der Waals surface area contributed by atoms with E-state index in [1.807, 2.05) is 0 Å². The quantitative estimate of drug-likeness (QED) is 0.528. The monoisotopic (exact) mass is 254 g/mol. The summed E-state index contributed by atoms with van der Waals surface area (Å²) in [4.78, 5) is 11.5.